The van der Waals surface area contributed by atoms with E-state index in [1.807, 2.05) is 18.2 Å². The van der Waals surface area contributed by atoms with E-state index in [-0.39, 0.29) is 29.4 Å². The van der Waals surface area contributed by atoms with E-state index >= 15 is 0 Å². The third kappa shape index (κ3) is 3.98. The number of anilines is 1. The second-order valence-electron chi connectivity index (χ2n) is 8.26. The van der Waals surface area contributed by atoms with Gasteiger partial charge in [-0.15, -0.1) is 16.8 Å². The maximum absolute atomic E-state index is 13.3. The fraction of sp³-hybridized carbons (Fsp3) is 0.364. The molecule has 156 valence electrons. The fourth-order valence-corrected chi connectivity index (χ4v) is 6.05. The van der Waals surface area contributed by atoms with Gasteiger partial charge >= 0.3 is 0 Å². The van der Waals surface area contributed by atoms with Gasteiger partial charge in [-0.05, 0) is 23.5 Å². The molecular weight excluding hydrogens is 438 g/mol. The first-order valence-electron chi connectivity index (χ1n) is 9.71. The highest BCUT2D eigenvalue weighted by atomic mass is 35.5. The van der Waals surface area contributed by atoms with Crippen molar-refractivity contribution in [3.05, 3.63) is 58.8 Å². The van der Waals surface area contributed by atoms with E-state index in [1.54, 1.807) is 17.0 Å². The molecule has 0 N–H and O–H groups in total. The number of carbonyl (C=O) groups is 2. The molecule has 5 nitrogen and oxygen atoms in total. The number of ketones is 1. The number of amides is 1. The molecule has 1 unspecified atom stereocenters. The quantitative estimate of drug-likeness (QED) is 0.329. The molecule has 30 heavy (non-hydrogen) atoms. The number of benzene rings is 1. The number of allylic oxidation sites excluding steroid dienone is 2. The second kappa shape index (κ2) is 8.29. The lowest BCUT2D eigenvalue weighted by atomic mass is 9.69. The van der Waals surface area contributed by atoms with E-state index < -0.39 is 0 Å². The number of nitrogens with zero attached hydrogens (tertiary/aromatic N) is 3. The lowest BCUT2D eigenvalue weighted by Crippen LogP contribution is -2.43. The van der Waals surface area contributed by atoms with Gasteiger partial charge in [0, 0.05) is 40.8 Å². The summed E-state index contributed by atoms with van der Waals surface area (Å²) in [5, 5.41) is 9.57. The average Bonchev–Trinajstić information content (AvgIpc) is 3.13. The summed E-state index contributed by atoms with van der Waals surface area (Å²) < 4.78 is 0.773. The van der Waals surface area contributed by atoms with Crippen LogP contribution < -0.4 is 4.90 Å². The van der Waals surface area contributed by atoms with E-state index in [4.69, 9.17) is 11.6 Å². The predicted octanol–water partition coefficient (Wildman–Crippen LogP) is 5.63. The van der Waals surface area contributed by atoms with Crippen molar-refractivity contribution in [2.75, 3.05) is 10.7 Å². The molecule has 1 amide bonds. The first-order valence-corrected chi connectivity index (χ1v) is 11.9. The molecule has 1 atom stereocenters. The van der Waals surface area contributed by atoms with Gasteiger partial charge in [0.15, 0.2) is 10.1 Å². The Bertz CT molecular complexity index is 1060. The van der Waals surface area contributed by atoms with Crippen molar-refractivity contribution in [2.45, 2.75) is 43.4 Å². The van der Waals surface area contributed by atoms with Gasteiger partial charge < -0.3 is 0 Å². The topological polar surface area (TPSA) is 63.2 Å². The van der Waals surface area contributed by atoms with Crippen LogP contribution in [-0.4, -0.2) is 27.6 Å². The average molecular weight is 460 g/mol. The molecule has 0 saturated carbocycles. The Hall–Kier alpha value is -1.96. The van der Waals surface area contributed by atoms with E-state index in [0.29, 0.717) is 28.6 Å². The van der Waals surface area contributed by atoms with E-state index in [0.717, 1.165) is 21.4 Å². The number of Topliss-reactive ketones (excluding diaryl/α,β-unsaturated/α-hetero) is 1. The Balaban J connectivity index is 1.83. The monoisotopic (exact) mass is 459 g/mol. The number of carbonyl (C=O) groups excluding carboxylic acids is 2. The van der Waals surface area contributed by atoms with Crippen LogP contribution >= 0.6 is 34.7 Å². The van der Waals surface area contributed by atoms with Gasteiger partial charge in [0.2, 0.25) is 11.0 Å². The van der Waals surface area contributed by atoms with E-state index in [2.05, 4.69) is 30.6 Å². The highest BCUT2D eigenvalue weighted by Crippen LogP contribution is 2.49. The first-order chi connectivity index (χ1) is 14.3. The summed E-state index contributed by atoms with van der Waals surface area (Å²) in [5.41, 5.74) is 2.03. The smallest absolute Gasteiger partial charge is 0.234 e. The molecule has 1 aromatic carbocycles. The summed E-state index contributed by atoms with van der Waals surface area (Å²) in [4.78, 5) is 28.2. The largest absolute Gasteiger partial charge is 0.294 e. The van der Waals surface area contributed by atoms with Crippen molar-refractivity contribution in [1.29, 1.82) is 0 Å². The molecule has 0 fully saturated rings. The SMILES string of the molecule is C=CCSc1nnc(N2C(=O)CC(c3ccccc3Cl)C3=C2CC(C)(C)CC3=O)s1. The summed E-state index contributed by atoms with van der Waals surface area (Å²) in [7, 11) is 0. The molecular formula is C22H22ClN3O2S2. The van der Waals surface area contributed by atoms with Crippen molar-refractivity contribution in [2.24, 2.45) is 5.41 Å². The fourth-order valence-electron chi connectivity index (χ4n) is 4.14. The lowest BCUT2D eigenvalue weighted by molar-refractivity contribution is -0.121. The van der Waals surface area contributed by atoms with E-state index in [1.165, 1.54) is 23.1 Å². The molecule has 1 aliphatic carbocycles. The molecule has 2 aromatic rings. The van der Waals surface area contributed by atoms with Crippen LogP contribution in [0.25, 0.3) is 0 Å². The number of rotatable bonds is 5. The molecule has 1 aromatic heterocycles. The standard InChI is InChI=1S/C22H22ClN3O2S2/c1-4-9-29-21-25-24-20(30-21)26-16-11-22(2,3)12-17(27)19(16)14(10-18(26)28)13-7-5-6-8-15(13)23/h4-8,14H,1,9-12H2,2-3H3. The molecule has 4 rings (SSSR count). The molecule has 2 aliphatic rings. The molecule has 0 radical (unpaired) electrons. The summed E-state index contributed by atoms with van der Waals surface area (Å²) >= 11 is 9.35. The number of thioether (sulfide) groups is 1. The van der Waals surface area contributed by atoms with Crippen molar-refractivity contribution in [3.8, 4) is 0 Å². The molecule has 1 aliphatic heterocycles. The molecule has 0 saturated heterocycles. The highest BCUT2D eigenvalue weighted by molar-refractivity contribution is 8.01. The summed E-state index contributed by atoms with van der Waals surface area (Å²) in [6.45, 7) is 7.84. The second-order valence-corrected chi connectivity index (χ2v) is 10.9. The Morgan fingerprint density at radius 3 is 2.80 bits per heavy atom. The van der Waals surface area contributed by atoms with Crippen LogP contribution in [0.4, 0.5) is 5.13 Å². The van der Waals surface area contributed by atoms with Gasteiger partial charge in [0.1, 0.15) is 0 Å². The normalized spacial score (nSPS) is 21.0. The Morgan fingerprint density at radius 1 is 1.30 bits per heavy atom. The van der Waals surface area contributed by atoms with Crippen LogP contribution in [0.1, 0.15) is 44.6 Å². The van der Waals surface area contributed by atoms with Gasteiger partial charge in [0.05, 0.1) is 0 Å². The van der Waals surface area contributed by atoms with E-state index in [9.17, 15) is 9.59 Å². The minimum atomic E-state index is -0.330. The minimum absolute atomic E-state index is 0.0782. The molecule has 2 heterocycles. The zero-order chi connectivity index (χ0) is 21.5. The van der Waals surface area contributed by atoms with Crippen LogP contribution in [0.3, 0.4) is 0 Å². The van der Waals surface area contributed by atoms with Crippen LogP contribution in [0.2, 0.25) is 5.02 Å². The number of aromatic nitrogens is 2. The van der Waals surface area contributed by atoms with Crippen molar-refractivity contribution >= 4 is 51.5 Å². The van der Waals surface area contributed by atoms with Gasteiger partial charge in [0.25, 0.3) is 0 Å². The predicted molar refractivity (Wildman–Crippen MR) is 122 cm³/mol. The van der Waals surface area contributed by atoms with Gasteiger partial charge in [-0.3, -0.25) is 14.5 Å². The van der Waals surface area contributed by atoms with Crippen LogP contribution in [0.5, 0.6) is 0 Å². The third-order valence-corrected chi connectivity index (χ3v) is 7.72. The van der Waals surface area contributed by atoms with Crippen LogP contribution in [0, 0.1) is 5.41 Å². The number of hydrogen-bond acceptors (Lipinski definition) is 6. The zero-order valence-corrected chi connectivity index (χ0v) is 19.2. The number of hydrogen-bond donors (Lipinski definition) is 0. The van der Waals surface area contributed by atoms with Crippen molar-refractivity contribution < 1.29 is 9.59 Å². The van der Waals surface area contributed by atoms with Crippen LogP contribution in [-0.2, 0) is 9.59 Å². The third-order valence-electron chi connectivity index (χ3n) is 5.34. The van der Waals surface area contributed by atoms with Gasteiger partial charge in [-0.2, -0.15) is 0 Å². The zero-order valence-electron chi connectivity index (χ0n) is 16.9. The maximum atomic E-state index is 13.3. The summed E-state index contributed by atoms with van der Waals surface area (Å²) in [5.74, 6) is 0.384. The Kier molecular flexibility index (Phi) is 5.88. The summed E-state index contributed by atoms with van der Waals surface area (Å²) in [6.07, 6.45) is 3.05. The van der Waals surface area contributed by atoms with Gasteiger partial charge in [-0.25, -0.2) is 0 Å². The minimum Gasteiger partial charge on any atom is -0.294 e. The van der Waals surface area contributed by atoms with Crippen molar-refractivity contribution in [3.63, 3.8) is 0 Å². The maximum Gasteiger partial charge on any atom is 0.234 e. The Labute approximate surface area is 189 Å². The van der Waals surface area contributed by atoms with Crippen molar-refractivity contribution in [1.82, 2.24) is 10.2 Å². The molecule has 8 heteroatoms. The Morgan fingerprint density at radius 2 is 2.07 bits per heavy atom. The summed E-state index contributed by atoms with van der Waals surface area (Å²) in [6, 6.07) is 7.46. The van der Waals surface area contributed by atoms with Crippen LogP contribution in [0.15, 0.2) is 52.5 Å². The highest BCUT2D eigenvalue weighted by Gasteiger charge is 2.45. The number of halogens is 1. The lowest BCUT2D eigenvalue weighted by Gasteiger charge is -2.41. The molecule has 0 bridgehead atoms. The first kappa shape index (κ1) is 21.3. The molecule has 0 spiro atoms. The van der Waals surface area contributed by atoms with Gasteiger partial charge in [-0.1, -0.05) is 72.8 Å².